The number of thiophene rings is 1. The first-order valence-electron chi connectivity index (χ1n) is 9.85. The molecule has 4 heteroatoms. The van der Waals surface area contributed by atoms with Crippen LogP contribution >= 0.6 is 11.3 Å². The van der Waals surface area contributed by atoms with Crippen molar-refractivity contribution >= 4 is 27.4 Å². The molecule has 2 heterocycles. The topological polar surface area (TPSA) is 37.8 Å². The van der Waals surface area contributed by atoms with E-state index < -0.39 is 0 Å². The Labute approximate surface area is 159 Å². The number of nitrogens with zero attached hydrogens (tertiary/aromatic N) is 2. The summed E-state index contributed by atoms with van der Waals surface area (Å²) in [5, 5.41) is 4.79. The van der Waals surface area contributed by atoms with Gasteiger partial charge in [-0.05, 0) is 44.2 Å². The average molecular weight is 366 g/mol. The van der Waals surface area contributed by atoms with Gasteiger partial charge in [-0.3, -0.25) is 0 Å². The minimum atomic E-state index is 0.542. The first-order chi connectivity index (χ1) is 12.8. The van der Waals surface area contributed by atoms with Gasteiger partial charge in [0.15, 0.2) is 0 Å². The van der Waals surface area contributed by atoms with E-state index in [2.05, 4.69) is 48.6 Å². The summed E-state index contributed by atoms with van der Waals surface area (Å²) in [7, 11) is 0. The van der Waals surface area contributed by atoms with E-state index in [0.29, 0.717) is 5.92 Å². The molecule has 2 aromatic heterocycles. The van der Waals surface area contributed by atoms with Gasteiger partial charge >= 0.3 is 0 Å². The largest absolute Gasteiger partial charge is 0.369 e. The van der Waals surface area contributed by atoms with E-state index in [1.54, 1.807) is 11.3 Å². The molecule has 0 saturated heterocycles. The number of nitrogens with one attached hydrogen (secondary N) is 1. The Morgan fingerprint density at radius 1 is 1.08 bits per heavy atom. The van der Waals surface area contributed by atoms with Crippen LogP contribution in [0.1, 0.15) is 60.7 Å². The Balaban J connectivity index is 1.49. The van der Waals surface area contributed by atoms with Crippen LogP contribution in [0.2, 0.25) is 0 Å². The molecule has 1 aromatic carbocycles. The molecule has 0 unspecified atom stereocenters. The molecular formula is C22H27N3S. The number of aromatic nitrogens is 2. The molecule has 0 spiro atoms. The maximum atomic E-state index is 4.97. The highest BCUT2D eigenvalue weighted by Crippen LogP contribution is 2.35. The number of aryl methyl sites for hydroxylation is 2. The zero-order valence-electron chi connectivity index (χ0n) is 15.5. The number of hydrogen-bond acceptors (Lipinski definition) is 4. The predicted molar refractivity (Wildman–Crippen MR) is 111 cm³/mol. The fourth-order valence-corrected chi connectivity index (χ4v) is 4.77. The van der Waals surface area contributed by atoms with Crippen LogP contribution in [-0.2, 0) is 6.42 Å². The Hall–Kier alpha value is -1.94. The van der Waals surface area contributed by atoms with Crippen LogP contribution in [-0.4, -0.2) is 16.5 Å². The van der Waals surface area contributed by atoms with Gasteiger partial charge in [0.1, 0.15) is 16.5 Å². The van der Waals surface area contributed by atoms with Crippen LogP contribution < -0.4 is 5.32 Å². The molecule has 0 aliphatic heterocycles. The van der Waals surface area contributed by atoms with Gasteiger partial charge in [0.2, 0.25) is 0 Å². The molecule has 1 aliphatic carbocycles. The van der Waals surface area contributed by atoms with E-state index in [0.717, 1.165) is 35.9 Å². The third kappa shape index (κ3) is 4.07. The zero-order chi connectivity index (χ0) is 17.8. The Kier molecular flexibility index (Phi) is 5.49. The molecule has 3 aromatic rings. The summed E-state index contributed by atoms with van der Waals surface area (Å²) in [5.41, 5.74) is 1.40. The van der Waals surface area contributed by atoms with Crippen molar-refractivity contribution in [2.45, 2.75) is 57.8 Å². The maximum absolute atomic E-state index is 4.97. The summed E-state index contributed by atoms with van der Waals surface area (Å²) in [4.78, 5) is 12.3. The van der Waals surface area contributed by atoms with Crippen LogP contribution in [0.5, 0.6) is 0 Å². The normalized spacial score (nSPS) is 15.4. The molecule has 4 rings (SSSR count). The highest BCUT2D eigenvalue weighted by molar-refractivity contribution is 7.18. The highest BCUT2D eigenvalue weighted by atomic mass is 32.1. The fourth-order valence-electron chi connectivity index (χ4n) is 3.88. The minimum Gasteiger partial charge on any atom is -0.369 e. The van der Waals surface area contributed by atoms with E-state index in [-0.39, 0.29) is 0 Å². The Morgan fingerprint density at radius 3 is 2.69 bits per heavy atom. The first-order valence-corrected chi connectivity index (χ1v) is 10.7. The molecular weight excluding hydrogens is 338 g/mol. The lowest BCUT2D eigenvalue weighted by molar-refractivity contribution is 0.430. The number of fused-ring (bicyclic) bond motifs is 1. The highest BCUT2D eigenvalue weighted by Gasteiger charge is 2.20. The second kappa shape index (κ2) is 8.17. The van der Waals surface area contributed by atoms with Gasteiger partial charge in [0.05, 0.1) is 5.39 Å². The van der Waals surface area contributed by atoms with Crippen molar-refractivity contribution < 1.29 is 0 Å². The lowest BCUT2D eigenvalue weighted by Gasteiger charge is -2.21. The molecule has 0 atom stereocenters. The zero-order valence-corrected chi connectivity index (χ0v) is 16.3. The molecule has 1 aliphatic rings. The smallest absolute Gasteiger partial charge is 0.138 e. The number of anilines is 1. The van der Waals surface area contributed by atoms with Crippen LogP contribution in [0, 0.1) is 6.92 Å². The van der Waals surface area contributed by atoms with Crippen molar-refractivity contribution in [2.24, 2.45) is 0 Å². The second-order valence-corrected chi connectivity index (χ2v) is 8.59. The van der Waals surface area contributed by atoms with Crippen LogP contribution in [0.25, 0.3) is 10.2 Å². The van der Waals surface area contributed by atoms with Crippen molar-refractivity contribution in [1.29, 1.82) is 0 Å². The quantitative estimate of drug-likeness (QED) is 0.537. The molecule has 0 bridgehead atoms. The van der Waals surface area contributed by atoms with Gasteiger partial charge in [-0.1, -0.05) is 49.6 Å². The monoisotopic (exact) mass is 365 g/mol. The summed E-state index contributed by atoms with van der Waals surface area (Å²) >= 11 is 1.79. The van der Waals surface area contributed by atoms with Gasteiger partial charge in [-0.2, -0.15) is 0 Å². The number of benzene rings is 1. The third-order valence-corrected chi connectivity index (χ3v) is 6.23. The summed E-state index contributed by atoms with van der Waals surface area (Å²) in [6.45, 7) is 3.10. The molecule has 0 amide bonds. The van der Waals surface area contributed by atoms with E-state index in [9.17, 15) is 0 Å². The Morgan fingerprint density at radius 2 is 1.88 bits per heavy atom. The molecule has 1 N–H and O–H groups in total. The van der Waals surface area contributed by atoms with E-state index in [4.69, 9.17) is 9.97 Å². The lowest BCUT2D eigenvalue weighted by atomic mass is 9.89. The van der Waals surface area contributed by atoms with Crippen LogP contribution in [0.15, 0.2) is 36.4 Å². The van der Waals surface area contributed by atoms with Crippen LogP contribution in [0.3, 0.4) is 0 Å². The van der Waals surface area contributed by atoms with Crippen molar-refractivity contribution in [3.05, 3.63) is 52.7 Å². The maximum Gasteiger partial charge on any atom is 0.138 e. The van der Waals surface area contributed by atoms with Gasteiger partial charge in [0.25, 0.3) is 0 Å². The molecule has 0 radical (unpaired) electrons. The molecule has 26 heavy (non-hydrogen) atoms. The van der Waals surface area contributed by atoms with Crippen LogP contribution in [0.4, 0.5) is 5.82 Å². The number of hydrogen-bond donors (Lipinski definition) is 1. The molecule has 1 fully saturated rings. The van der Waals surface area contributed by atoms with E-state index >= 15 is 0 Å². The molecule has 1 saturated carbocycles. The predicted octanol–water partition coefficient (Wildman–Crippen LogP) is 6.09. The summed E-state index contributed by atoms with van der Waals surface area (Å²) in [6, 6.07) is 12.9. The second-order valence-electron chi connectivity index (χ2n) is 7.36. The number of rotatable bonds is 6. The lowest BCUT2D eigenvalue weighted by Crippen LogP contribution is -2.12. The SMILES string of the molecule is Cc1cc2c(NCCCc3ccccc3)nc(C3CCCCC3)nc2s1. The van der Waals surface area contributed by atoms with E-state index in [1.807, 2.05) is 0 Å². The van der Waals surface area contributed by atoms with Gasteiger partial charge < -0.3 is 5.32 Å². The van der Waals surface area contributed by atoms with Crippen molar-refractivity contribution in [3.8, 4) is 0 Å². The summed E-state index contributed by atoms with van der Waals surface area (Å²) in [6.07, 6.45) is 8.68. The standard InChI is InChI=1S/C22H27N3S/c1-16-15-19-21(23-14-8-11-17-9-4-2-5-10-17)24-20(25-22(19)26-16)18-12-6-3-7-13-18/h2,4-5,9-10,15,18H,3,6-8,11-14H2,1H3,(H,23,24,25). The first kappa shape index (κ1) is 17.5. The minimum absolute atomic E-state index is 0.542. The molecule has 3 nitrogen and oxygen atoms in total. The van der Waals surface area contributed by atoms with E-state index in [1.165, 1.54) is 47.9 Å². The average Bonchev–Trinajstić information content (AvgIpc) is 3.07. The van der Waals surface area contributed by atoms with Crippen molar-refractivity contribution in [1.82, 2.24) is 9.97 Å². The van der Waals surface area contributed by atoms with Crippen molar-refractivity contribution in [2.75, 3.05) is 11.9 Å². The van der Waals surface area contributed by atoms with Gasteiger partial charge in [-0.25, -0.2) is 9.97 Å². The summed E-state index contributed by atoms with van der Waals surface area (Å²) in [5.74, 6) is 2.64. The third-order valence-electron chi connectivity index (χ3n) is 5.28. The summed E-state index contributed by atoms with van der Waals surface area (Å²) < 4.78 is 0. The Bertz CT molecular complexity index is 850. The fraction of sp³-hybridized carbons (Fsp3) is 0.455. The van der Waals surface area contributed by atoms with Gasteiger partial charge in [0, 0.05) is 17.3 Å². The molecule has 136 valence electrons. The van der Waals surface area contributed by atoms with Crippen molar-refractivity contribution in [3.63, 3.8) is 0 Å². The van der Waals surface area contributed by atoms with Gasteiger partial charge in [-0.15, -0.1) is 11.3 Å².